The number of hydrogen-bond acceptors (Lipinski definition) is 1. The SMILES string of the molecule is CCN(CC)C(=N)Cc1ccccc1. The molecule has 0 saturated carbocycles. The minimum absolute atomic E-state index is 0.709. The van der Waals surface area contributed by atoms with E-state index in [1.807, 2.05) is 18.2 Å². The summed E-state index contributed by atoms with van der Waals surface area (Å²) in [5.41, 5.74) is 1.21. The Bertz CT molecular complexity index is 276. The number of rotatable bonds is 4. The van der Waals surface area contributed by atoms with Gasteiger partial charge >= 0.3 is 0 Å². The fourth-order valence-corrected chi connectivity index (χ4v) is 1.51. The van der Waals surface area contributed by atoms with Gasteiger partial charge in [0.15, 0.2) is 0 Å². The molecule has 1 aromatic carbocycles. The standard InChI is InChI=1S/C12H18N2/c1-3-14(4-2)12(13)10-11-8-6-5-7-9-11/h5-9,13H,3-4,10H2,1-2H3. The summed E-state index contributed by atoms with van der Waals surface area (Å²) in [7, 11) is 0. The molecule has 0 aliphatic carbocycles. The molecule has 76 valence electrons. The Morgan fingerprint density at radius 2 is 1.71 bits per heavy atom. The van der Waals surface area contributed by atoms with Crippen LogP contribution in [0.2, 0.25) is 0 Å². The molecule has 1 rings (SSSR count). The normalized spacial score (nSPS) is 9.86. The van der Waals surface area contributed by atoms with Gasteiger partial charge in [-0.05, 0) is 19.4 Å². The van der Waals surface area contributed by atoms with E-state index >= 15 is 0 Å². The van der Waals surface area contributed by atoms with E-state index in [1.54, 1.807) is 0 Å². The Labute approximate surface area is 86.1 Å². The van der Waals surface area contributed by atoms with Gasteiger partial charge in [0.1, 0.15) is 5.84 Å². The van der Waals surface area contributed by atoms with Gasteiger partial charge < -0.3 is 4.90 Å². The van der Waals surface area contributed by atoms with E-state index in [2.05, 4.69) is 30.9 Å². The Morgan fingerprint density at radius 3 is 2.21 bits per heavy atom. The first-order valence-electron chi connectivity index (χ1n) is 5.14. The molecule has 0 radical (unpaired) electrons. The smallest absolute Gasteiger partial charge is 0.100 e. The third-order valence-corrected chi connectivity index (χ3v) is 2.36. The zero-order valence-corrected chi connectivity index (χ0v) is 8.96. The van der Waals surface area contributed by atoms with E-state index < -0.39 is 0 Å². The average Bonchev–Trinajstić information content (AvgIpc) is 2.21. The molecule has 0 heterocycles. The number of likely N-dealkylation sites (N-methyl/N-ethyl adjacent to an activating group) is 1. The Balaban J connectivity index is 2.57. The predicted molar refractivity (Wildman–Crippen MR) is 60.8 cm³/mol. The molecule has 0 saturated heterocycles. The number of benzene rings is 1. The summed E-state index contributed by atoms with van der Waals surface area (Å²) in [5.74, 6) is 0.709. The number of amidine groups is 1. The Kier molecular flexibility index (Phi) is 4.17. The van der Waals surface area contributed by atoms with Crippen molar-refractivity contribution in [2.24, 2.45) is 0 Å². The van der Waals surface area contributed by atoms with Crippen molar-refractivity contribution in [3.8, 4) is 0 Å². The molecule has 2 nitrogen and oxygen atoms in total. The van der Waals surface area contributed by atoms with Crippen molar-refractivity contribution in [2.45, 2.75) is 20.3 Å². The highest BCUT2D eigenvalue weighted by atomic mass is 15.1. The maximum Gasteiger partial charge on any atom is 0.100 e. The molecule has 1 aromatic rings. The number of hydrogen-bond donors (Lipinski definition) is 1. The fourth-order valence-electron chi connectivity index (χ4n) is 1.51. The minimum atomic E-state index is 0.709. The summed E-state index contributed by atoms with van der Waals surface area (Å²) in [6.45, 7) is 6.01. The molecule has 0 amide bonds. The summed E-state index contributed by atoms with van der Waals surface area (Å²) in [6.07, 6.45) is 0.739. The molecule has 2 heteroatoms. The molecular formula is C12H18N2. The van der Waals surface area contributed by atoms with Crippen LogP contribution in [0.1, 0.15) is 19.4 Å². The maximum atomic E-state index is 7.91. The molecule has 0 aliphatic rings. The van der Waals surface area contributed by atoms with Crippen LogP contribution < -0.4 is 0 Å². The van der Waals surface area contributed by atoms with E-state index in [4.69, 9.17) is 5.41 Å². The fraction of sp³-hybridized carbons (Fsp3) is 0.417. The summed E-state index contributed by atoms with van der Waals surface area (Å²) in [6, 6.07) is 10.2. The van der Waals surface area contributed by atoms with Crippen LogP contribution in [0.5, 0.6) is 0 Å². The molecule has 0 aromatic heterocycles. The maximum absolute atomic E-state index is 7.91. The van der Waals surface area contributed by atoms with Crippen LogP contribution in [0.3, 0.4) is 0 Å². The van der Waals surface area contributed by atoms with Crippen LogP contribution >= 0.6 is 0 Å². The van der Waals surface area contributed by atoms with Crippen LogP contribution in [0, 0.1) is 5.41 Å². The Morgan fingerprint density at radius 1 is 1.14 bits per heavy atom. The van der Waals surface area contributed by atoms with Gasteiger partial charge in [0.25, 0.3) is 0 Å². The second-order valence-corrected chi connectivity index (χ2v) is 3.28. The van der Waals surface area contributed by atoms with Crippen LogP contribution in [0.25, 0.3) is 0 Å². The van der Waals surface area contributed by atoms with E-state index in [0.29, 0.717) is 5.84 Å². The molecular weight excluding hydrogens is 172 g/mol. The van der Waals surface area contributed by atoms with Crippen LogP contribution in [0.15, 0.2) is 30.3 Å². The molecule has 0 fully saturated rings. The first-order valence-corrected chi connectivity index (χ1v) is 5.14. The summed E-state index contributed by atoms with van der Waals surface area (Å²) < 4.78 is 0. The molecule has 14 heavy (non-hydrogen) atoms. The second kappa shape index (κ2) is 5.43. The first kappa shape index (κ1) is 10.8. The van der Waals surface area contributed by atoms with Crippen molar-refractivity contribution in [2.75, 3.05) is 13.1 Å². The van der Waals surface area contributed by atoms with Gasteiger partial charge in [-0.1, -0.05) is 30.3 Å². The lowest BCUT2D eigenvalue weighted by molar-refractivity contribution is 0.455. The zero-order valence-electron chi connectivity index (χ0n) is 8.96. The minimum Gasteiger partial charge on any atom is -0.361 e. The molecule has 0 spiro atoms. The van der Waals surface area contributed by atoms with Crippen LogP contribution in [-0.2, 0) is 6.42 Å². The quantitative estimate of drug-likeness (QED) is 0.573. The van der Waals surface area contributed by atoms with Crippen LogP contribution in [-0.4, -0.2) is 23.8 Å². The van der Waals surface area contributed by atoms with Gasteiger partial charge in [0.2, 0.25) is 0 Å². The zero-order chi connectivity index (χ0) is 10.4. The third-order valence-electron chi connectivity index (χ3n) is 2.36. The molecule has 0 bridgehead atoms. The molecule has 0 unspecified atom stereocenters. The molecule has 1 N–H and O–H groups in total. The van der Waals surface area contributed by atoms with E-state index in [9.17, 15) is 0 Å². The van der Waals surface area contributed by atoms with Gasteiger partial charge in [0, 0.05) is 19.5 Å². The summed E-state index contributed by atoms with van der Waals surface area (Å²) >= 11 is 0. The number of nitrogens with one attached hydrogen (secondary N) is 1. The largest absolute Gasteiger partial charge is 0.361 e. The highest BCUT2D eigenvalue weighted by Crippen LogP contribution is 2.02. The van der Waals surface area contributed by atoms with Crippen molar-refractivity contribution in [3.05, 3.63) is 35.9 Å². The van der Waals surface area contributed by atoms with Crippen molar-refractivity contribution in [3.63, 3.8) is 0 Å². The van der Waals surface area contributed by atoms with Crippen molar-refractivity contribution in [1.82, 2.24) is 4.90 Å². The van der Waals surface area contributed by atoms with E-state index in [-0.39, 0.29) is 0 Å². The van der Waals surface area contributed by atoms with Gasteiger partial charge in [-0.2, -0.15) is 0 Å². The lowest BCUT2D eigenvalue weighted by atomic mass is 10.1. The third kappa shape index (κ3) is 2.87. The Hall–Kier alpha value is -1.31. The van der Waals surface area contributed by atoms with Gasteiger partial charge in [-0.3, -0.25) is 5.41 Å². The van der Waals surface area contributed by atoms with Gasteiger partial charge in [-0.25, -0.2) is 0 Å². The molecule has 0 atom stereocenters. The van der Waals surface area contributed by atoms with Crippen LogP contribution in [0.4, 0.5) is 0 Å². The average molecular weight is 190 g/mol. The predicted octanol–water partition coefficient (Wildman–Crippen LogP) is 2.55. The monoisotopic (exact) mass is 190 g/mol. The van der Waals surface area contributed by atoms with E-state index in [1.165, 1.54) is 5.56 Å². The topological polar surface area (TPSA) is 27.1 Å². The van der Waals surface area contributed by atoms with Crippen molar-refractivity contribution in [1.29, 1.82) is 5.41 Å². The van der Waals surface area contributed by atoms with Gasteiger partial charge in [-0.15, -0.1) is 0 Å². The van der Waals surface area contributed by atoms with E-state index in [0.717, 1.165) is 19.5 Å². The summed E-state index contributed by atoms with van der Waals surface area (Å²) in [4.78, 5) is 2.08. The first-order chi connectivity index (χ1) is 6.77. The lowest BCUT2D eigenvalue weighted by Gasteiger charge is -2.21. The number of nitrogens with zero attached hydrogens (tertiary/aromatic N) is 1. The second-order valence-electron chi connectivity index (χ2n) is 3.28. The van der Waals surface area contributed by atoms with Crippen molar-refractivity contribution < 1.29 is 0 Å². The highest BCUT2D eigenvalue weighted by molar-refractivity contribution is 5.81. The summed E-state index contributed by atoms with van der Waals surface area (Å²) in [5, 5.41) is 7.91. The molecule has 0 aliphatic heterocycles. The van der Waals surface area contributed by atoms with Crippen molar-refractivity contribution >= 4 is 5.84 Å². The lowest BCUT2D eigenvalue weighted by Crippen LogP contribution is -2.31. The highest BCUT2D eigenvalue weighted by Gasteiger charge is 2.05. The van der Waals surface area contributed by atoms with Gasteiger partial charge in [0.05, 0.1) is 0 Å².